The molecular formula is C18H17F3N2O3. The highest BCUT2D eigenvalue weighted by Crippen LogP contribution is 2.34. The molecule has 0 atom stereocenters. The molecule has 0 aliphatic carbocycles. The van der Waals surface area contributed by atoms with E-state index in [2.05, 4.69) is 10.6 Å². The Balaban J connectivity index is 1.88. The molecule has 2 N–H and O–H groups in total. The average Bonchev–Trinajstić information content (AvgIpc) is 2.60. The Hall–Kier alpha value is -3.03. The molecule has 138 valence electrons. The second kappa shape index (κ2) is 8.37. The molecule has 0 unspecified atom stereocenters. The van der Waals surface area contributed by atoms with E-state index >= 15 is 0 Å². The molecule has 0 aromatic heterocycles. The Bertz CT molecular complexity index is 774. The Morgan fingerprint density at radius 3 is 2.27 bits per heavy atom. The first-order valence-corrected chi connectivity index (χ1v) is 7.65. The van der Waals surface area contributed by atoms with Gasteiger partial charge in [0.1, 0.15) is 5.75 Å². The monoisotopic (exact) mass is 366 g/mol. The van der Waals surface area contributed by atoms with Crippen molar-refractivity contribution in [2.45, 2.75) is 12.6 Å². The van der Waals surface area contributed by atoms with Gasteiger partial charge in [-0.1, -0.05) is 24.3 Å². The van der Waals surface area contributed by atoms with E-state index in [0.717, 1.165) is 12.1 Å². The van der Waals surface area contributed by atoms with Crippen LogP contribution in [0.25, 0.3) is 0 Å². The zero-order chi connectivity index (χ0) is 19.2. The Kier molecular flexibility index (Phi) is 6.21. The van der Waals surface area contributed by atoms with E-state index in [4.69, 9.17) is 4.74 Å². The number of rotatable bonds is 6. The van der Waals surface area contributed by atoms with Crippen molar-refractivity contribution in [3.63, 3.8) is 0 Å². The van der Waals surface area contributed by atoms with Crippen LogP contribution in [0.5, 0.6) is 5.75 Å². The van der Waals surface area contributed by atoms with Crippen LogP contribution in [-0.4, -0.2) is 25.5 Å². The summed E-state index contributed by atoms with van der Waals surface area (Å²) in [4.78, 5) is 23.7. The number of amides is 2. The molecule has 0 saturated carbocycles. The van der Waals surface area contributed by atoms with Crippen molar-refractivity contribution >= 4 is 17.5 Å². The minimum absolute atomic E-state index is 0.0381. The standard InChI is InChI=1S/C18H17F3N2O3/c1-26-13-8-6-12(7-9-13)10-16(24)22-11-17(25)23-15-5-3-2-4-14(15)18(19,20)21/h2-9H,10-11H2,1H3,(H,22,24)(H,23,25). The first-order valence-electron chi connectivity index (χ1n) is 7.65. The number of halogens is 3. The maximum absolute atomic E-state index is 12.9. The number of benzene rings is 2. The van der Waals surface area contributed by atoms with Crippen LogP contribution in [-0.2, 0) is 22.2 Å². The minimum Gasteiger partial charge on any atom is -0.497 e. The quantitative estimate of drug-likeness (QED) is 0.826. The van der Waals surface area contributed by atoms with Crippen molar-refractivity contribution in [3.05, 3.63) is 59.7 Å². The van der Waals surface area contributed by atoms with Crippen molar-refractivity contribution in [1.29, 1.82) is 0 Å². The van der Waals surface area contributed by atoms with E-state index in [1.54, 1.807) is 24.3 Å². The van der Waals surface area contributed by atoms with Gasteiger partial charge in [0.05, 0.1) is 31.3 Å². The van der Waals surface area contributed by atoms with Gasteiger partial charge in [-0.05, 0) is 29.8 Å². The molecule has 0 aliphatic heterocycles. The van der Waals surface area contributed by atoms with Crippen molar-refractivity contribution in [2.75, 3.05) is 19.0 Å². The summed E-state index contributed by atoms with van der Waals surface area (Å²) in [5.74, 6) is -0.518. The summed E-state index contributed by atoms with van der Waals surface area (Å²) in [7, 11) is 1.53. The van der Waals surface area contributed by atoms with Crippen LogP contribution in [0.2, 0.25) is 0 Å². The largest absolute Gasteiger partial charge is 0.497 e. The molecule has 0 bridgehead atoms. The van der Waals surface area contributed by atoms with Gasteiger partial charge < -0.3 is 15.4 Å². The van der Waals surface area contributed by atoms with Crippen LogP contribution in [0, 0.1) is 0 Å². The number of alkyl halides is 3. The van der Waals surface area contributed by atoms with E-state index < -0.39 is 30.1 Å². The molecule has 0 spiro atoms. The smallest absolute Gasteiger partial charge is 0.418 e. The number of anilines is 1. The molecule has 2 aromatic carbocycles. The maximum Gasteiger partial charge on any atom is 0.418 e. The number of methoxy groups -OCH3 is 1. The SMILES string of the molecule is COc1ccc(CC(=O)NCC(=O)Nc2ccccc2C(F)(F)F)cc1. The molecule has 0 radical (unpaired) electrons. The highest BCUT2D eigenvalue weighted by Gasteiger charge is 2.33. The second-order valence-corrected chi connectivity index (χ2v) is 5.39. The molecular weight excluding hydrogens is 349 g/mol. The Labute approximate surface area is 148 Å². The van der Waals surface area contributed by atoms with E-state index in [9.17, 15) is 22.8 Å². The van der Waals surface area contributed by atoms with Crippen LogP contribution < -0.4 is 15.4 Å². The third kappa shape index (κ3) is 5.51. The van der Waals surface area contributed by atoms with E-state index in [1.165, 1.54) is 19.2 Å². The second-order valence-electron chi connectivity index (χ2n) is 5.39. The summed E-state index contributed by atoms with van der Waals surface area (Å²) in [6.45, 7) is -0.429. The average molecular weight is 366 g/mol. The molecule has 8 heteroatoms. The van der Waals surface area contributed by atoms with Crippen molar-refractivity contribution in [1.82, 2.24) is 5.32 Å². The normalized spacial score (nSPS) is 10.9. The predicted octanol–water partition coefficient (Wildman–Crippen LogP) is 3.01. The van der Waals surface area contributed by atoms with Crippen LogP contribution in [0.3, 0.4) is 0 Å². The van der Waals surface area contributed by atoms with Crippen molar-refractivity contribution < 1.29 is 27.5 Å². The molecule has 2 aromatic rings. The molecule has 0 aliphatic rings. The number of carbonyl (C=O) groups excluding carboxylic acids is 2. The first kappa shape index (κ1) is 19.3. The number of para-hydroxylation sites is 1. The lowest BCUT2D eigenvalue weighted by Gasteiger charge is -2.13. The van der Waals surface area contributed by atoms with Gasteiger partial charge in [-0.2, -0.15) is 13.2 Å². The summed E-state index contributed by atoms with van der Waals surface area (Å²) in [5, 5.41) is 4.54. The van der Waals surface area contributed by atoms with Gasteiger partial charge in [-0.15, -0.1) is 0 Å². The lowest BCUT2D eigenvalue weighted by atomic mass is 10.1. The predicted molar refractivity (Wildman–Crippen MR) is 89.8 cm³/mol. The summed E-state index contributed by atoms with van der Waals surface area (Å²) < 4.78 is 43.6. The molecule has 5 nitrogen and oxygen atoms in total. The molecule has 0 saturated heterocycles. The van der Waals surface area contributed by atoms with Gasteiger partial charge in [-0.3, -0.25) is 9.59 Å². The minimum atomic E-state index is -4.58. The van der Waals surface area contributed by atoms with E-state index in [-0.39, 0.29) is 12.1 Å². The van der Waals surface area contributed by atoms with Crippen LogP contribution >= 0.6 is 0 Å². The summed E-state index contributed by atoms with van der Waals surface area (Å²) >= 11 is 0. The molecule has 2 amide bonds. The maximum atomic E-state index is 12.9. The number of hydrogen-bond acceptors (Lipinski definition) is 3. The highest BCUT2D eigenvalue weighted by molar-refractivity contribution is 5.95. The van der Waals surface area contributed by atoms with Gasteiger partial charge in [0, 0.05) is 0 Å². The van der Waals surface area contributed by atoms with Crippen LogP contribution in [0.4, 0.5) is 18.9 Å². The number of ether oxygens (including phenoxy) is 1. The highest BCUT2D eigenvalue weighted by atomic mass is 19.4. The lowest BCUT2D eigenvalue weighted by molar-refractivity contribution is -0.137. The van der Waals surface area contributed by atoms with Gasteiger partial charge in [0.25, 0.3) is 0 Å². The van der Waals surface area contributed by atoms with Crippen molar-refractivity contribution in [3.8, 4) is 5.75 Å². The third-order valence-electron chi connectivity index (χ3n) is 3.48. The Morgan fingerprint density at radius 1 is 1.00 bits per heavy atom. The van der Waals surface area contributed by atoms with E-state index in [1.807, 2.05) is 0 Å². The van der Waals surface area contributed by atoms with Crippen LogP contribution in [0.15, 0.2) is 48.5 Å². The number of carbonyl (C=O) groups is 2. The molecule has 0 fully saturated rings. The zero-order valence-electron chi connectivity index (χ0n) is 13.9. The lowest BCUT2D eigenvalue weighted by Crippen LogP contribution is -2.34. The van der Waals surface area contributed by atoms with Gasteiger partial charge in [0.2, 0.25) is 11.8 Å². The first-order chi connectivity index (χ1) is 12.3. The number of nitrogens with one attached hydrogen (secondary N) is 2. The third-order valence-corrected chi connectivity index (χ3v) is 3.48. The van der Waals surface area contributed by atoms with Gasteiger partial charge >= 0.3 is 6.18 Å². The van der Waals surface area contributed by atoms with Crippen LogP contribution in [0.1, 0.15) is 11.1 Å². The van der Waals surface area contributed by atoms with Gasteiger partial charge in [-0.25, -0.2) is 0 Å². The fourth-order valence-corrected chi connectivity index (χ4v) is 2.20. The van der Waals surface area contributed by atoms with Crippen molar-refractivity contribution in [2.24, 2.45) is 0 Å². The molecule has 2 rings (SSSR count). The molecule has 0 heterocycles. The van der Waals surface area contributed by atoms with Gasteiger partial charge in [0.15, 0.2) is 0 Å². The molecule has 26 heavy (non-hydrogen) atoms. The topological polar surface area (TPSA) is 67.4 Å². The summed E-state index contributed by atoms with van der Waals surface area (Å²) in [6, 6.07) is 11.4. The zero-order valence-corrected chi connectivity index (χ0v) is 13.9. The fraction of sp³-hybridized carbons (Fsp3) is 0.222. The Morgan fingerprint density at radius 2 is 1.65 bits per heavy atom. The summed E-state index contributed by atoms with van der Waals surface area (Å²) in [5.41, 5.74) is -0.585. The number of hydrogen-bond donors (Lipinski definition) is 2. The summed E-state index contributed by atoms with van der Waals surface area (Å²) in [6.07, 6.45) is -4.54. The van der Waals surface area contributed by atoms with E-state index in [0.29, 0.717) is 11.3 Å². The fourth-order valence-electron chi connectivity index (χ4n) is 2.20.